The second-order valence-corrected chi connectivity index (χ2v) is 4.99. The molecule has 102 valence electrons. The van der Waals surface area contributed by atoms with Crippen molar-refractivity contribution in [2.24, 2.45) is 5.11 Å². The van der Waals surface area contributed by atoms with Crippen LogP contribution in [0.2, 0.25) is 5.15 Å². The lowest BCUT2D eigenvalue weighted by molar-refractivity contribution is 1.05. The molecular weight excluding hydrogens is 284 g/mol. The van der Waals surface area contributed by atoms with Crippen molar-refractivity contribution in [3.8, 4) is 11.1 Å². The molecule has 0 aliphatic carbocycles. The monoisotopic (exact) mass is 294 g/mol. The number of fused-ring (bicyclic) bond motifs is 1. The van der Waals surface area contributed by atoms with Crippen LogP contribution in [0, 0.1) is 0 Å². The average Bonchev–Trinajstić information content (AvgIpc) is 2.52. The Bertz CT molecular complexity index is 840. The SMILES string of the molecule is [N-]=[N+]=NCc1ccc2c(-c3ccccc3)cc(Cl)nc2c1. The molecule has 4 nitrogen and oxygen atoms in total. The van der Waals surface area contributed by atoms with Gasteiger partial charge >= 0.3 is 0 Å². The molecule has 0 radical (unpaired) electrons. The lowest BCUT2D eigenvalue weighted by Crippen LogP contribution is -1.88. The van der Waals surface area contributed by atoms with Crippen molar-refractivity contribution >= 4 is 22.5 Å². The first-order valence-corrected chi connectivity index (χ1v) is 6.81. The van der Waals surface area contributed by atoms with Gasteiger partial charge in [-0.2, -0.15) is 0 Å². The number of benzene rings is 2. The van der Waals surface area contributed by atoms with Gasteiger partial charge in [-0.3, -0.25) is 0 Å². The van der Waals surface area contributed by atoms with E-state index in [2.05, 4.69) is 15.0 Å². The van der Waals surface area contributed by atoms with Crippen LogP contribution in [0.15, 0.2) is 59.7 Å². The molecule has 0 spiro atoms. The third kappa shape index (κ3) is 2.82. The highest BCUT2D eigenvalue weighted by Crippen LogP contribution is 2.30. The molecule has 0 unspecified atom stereocenters. The first kappa shape index (κ1) is 13.4. The second-order valence-electron chi connectivity index (χ2n) is 4.60. The summed E-state index contributed by atoms with van der Waals surface area (Å²) in [6.07, 6.45) is 0. The molecule has 0 fully saturated rings. The molecule has 0 aliphatic rings. The number of rotatable bonds is 3. The van der Waals surface area contributed by atoms with E-state index in [4.69, 9.17) is 17.1 Å². The van der Waals surface area contributed by atoms with Crippen LogP contribution in [0.1, 0.15) is 5.56 Å². The van der Waals surface area contributed by atoms with E-state index in [-0.39, 0.29) is 0 Å². The summed E-state index contributed by atoms with van der Waals surface area (Å²) in [5, 5.41) is 5.04. The Morgan fingerprint density at radius 2 is 1.90 bits per heavy atom. The summed E-state index contributed by atoms with van der Waals surface area (Å²) in [5.74, 6) is 0. The molecular formula is C16H11ClN4. The maximum Gasteiger partial charge on any atom is 0.130 e. The van der Waals surface area contributed by atoms with E-state index in [1.807, 2.05) is 54.6 Å². The van der Waals surface area contributed by atoms with Gasteiger partial charge in [0, 0.05) is 10.3 Å². The summed E-state index contributed by atoms with van der Waals surface area (Å²) in [4.78, 5) is 7.13. The van der Waals surface area contributed by atoms with Crippen molar-refractivity contribution < 1.29 is 0 Å². The highest BCUT2D eigenvalue weighted by atomic mass is 35.5. The zero-order valence-corrected chi connectivity index (χ0v) is 11.8. The van der Waals surface area contributed by atoms with Crippen LogP contribution in [-0.2, 0) is 6.54 Å². The number of azide groups is 1. The minimum atomic E-state index is 0.307. The third-order valence-corrected chi connectivity index (χ3v) is 3.44. The van der Waals surface area contributed by atoms with Crippen molar-refractivity contribution in [1.29, 1.82) is 0 Å². The van der Waals surface area contributed by atoms with Gasteiger partial charge in [0.2, 0.25) is 0 Å². The summed E-state index contributed by atoms with van der Waals surface area (Å²) in [5.41, 5.74) is 12.2. The van der Waals surface area contributed by atoms with Crippen LogP contribution in [-0.4, -0.2) is 4.98 Å². The molecule has 21 heavy (non-hydrogen) atoms. The van der Waals surface area contributed by atoms with Gasteiger partial charge in [-0.05, 0) is 34.4 Å². The molecule has 0 saturated carbocycles. The fourth-order valence-corrected chi connectivity index (χ4v) is 2.51. The lowest BCUT2D eigenvalue weighted by atomic mass is 10.0. The number of hydrogen-bond acceptors (Lipinski definition) is 2. The Kier molecular flexibility index (Phi) is 3.73. The summed E-state index contributed by atoms with van der Waals surface area (Å²) in [6.45, 7) is 0.307. The van der Waals surface area contributed by atoms with Gasteiger partial charge in [0.05, 0.1) is 12.1 Å². The largest absolute Gasteiger partial charge is 0.236 e. The van der Waals surface area contributed by atoms with Crippen LogP contribution in [0.4, 0.5) is 0 Å². The van der Waals surface area contributed by atoms with Crippen LogP contribution in [0.3, 0.4) is 0 Å². The van der Waals surface area contributed by atoms with Crippen LogP contribution in [0.25, 0.3) is 32.5 Å². The topological polar surface area (TPSA) is 61.7 Å². The van der Waals surface area contributed by atoms with Crippen molar-refractivity contribution in [2.45, 2.75) is 6.54 Å². The summed E-state index contributed by atoms with van der Waals surface area (Å²) >= 11 is 6.14. The lowest BCUT2D eigenvalue weighted by Gasteiger charge is -2.08. The van der Waals surface area contributed by atoms with Gasteiger partial charge in [0.25, 0.3) is 0 Å². The number of pyridine rings is 1. The van der Waals surface area contributed by atoms with Gasteiger partial charge < -0.3 is 0 Å². The molecule has 0 amide bonds. The smallest absolute Gasteiger partial charge is 0.130 e. The predicted octanol–water partition coefficient (Wildman–Crippen LogP) is 5.37. The Morgan fingerprint density at radius 3 is 2.67 bits per heavy atom. The quantitative estimate of drug-likeness (QED) is 0.277. The van der Waals surface area contributed by atoms with E-state index >= 15 is 0 Å². The van der Waals surface area contributed by atoms with E-state index in [9.17, 15) is 0 Å². The van der Waals surface area contributed by atoms with Crippen LogP contribution < -0.4 is 0 Å². The Balaban J connectivity index is 2.19. The minimum absolute atomic E-state index is 0.307. The maximum absolute atomic E-state index is 8.40. The van der Waals surface area contributed by atoms with E-state index < -0.39 is 0 Å². The average molecular weight is 295 g/mol. The van der Waals surface area contributed by atoms with E-state index in [1.165, 1.54) is 0 Å². The molecule has 1 heterocycles. The zero-order chi connectivity index (χ0) is 14.7. The van der Waals surface area contributed by atoms with Crippen molar-refractivity contribution in [1.82, 2.24) is 4.98 Å². The van der Waals surface area contributed by atoms with Gasteiger partial charge in [-0.1, -0.05) is 59.2 Å². The summed E-state index contributed by atoms with van der Waals surface area (Å²) in [7, 11) is 0. The van der Waals surface area contributed by atoms with E-state index in [1.54, 1.807) is 0 Å². The van der Waals surface area contributed by atoms with Crippen LogP contribution >= 0.6 is 11.6 Å². The van der Waals surface area contributed by atoms with E-state index in [0.717, 1.165) is 27.6 Å². The maximum atomic E-state index is 8.40. The molecule has 0 atom stereocenters. The third-order valence-electron chi connectivity index (χ3n) is 3.24. The van der Waals surface area contributed by atoms with Gasteiger partial charge in [0.15, 0.2) is 0 Å². The zero-order valence-electron chi connectivity index (χ0n) is 11.1. The number of halogens is 1. The van der Waals surface area contributed by atoms with Gasteiger partial charge in [-0.25, -0.2) is 4.98 Å². The summed E-state index contributed by atoms with van der Waals surface area (Å²) in [6, 6.07) is 17.7. The Morgan fingerprint density at radius 1 is 1.10 bits per heavy atom. The Labute approximate surface area is 126 Å². The van der Waals surface area contributed by atoms with Crippen molar-refractivity contribution in [3.05, 3.63) is 75.8 Å². The normalized spacial score (nSPS) is 10.3. The number of nitrogens with zero attached hydrogens (tertiary/aromatic N) is 4. The summed E-state index contributed by atoms with van der Waals surface area (Å²) < 4.78 is 0. The standard InChI is InChI=1S/C16H11ClN4/c17-16-9-14(12-4-2-1-3-5-12)13-7-6-11(10-19-21-18)8-15(13)20-16/h1-9H,10H2. The highest BCUT2D eigenvalue weighted by molar-refractivity contribution is 6.30. The fraction of sp³-hybridized carbons (Fsp3) is 0.0625. The molecule has 5 heteroatoms. The van der Waals surface area contributed by atoms with Gasteiger partial charge in [0.1, 0.15) is 5.15 Å². The molecule has 1 aromatic heterocycles. The molecule has 0 bridgehead atoms. The number of aromatic nitrogens is 1. The highest BCUT2D eigenvalue weighted by Gasteiger charge is 2.07. The van der Waals surface area contributed by atoms with Gasteiger partial charge in [-0.15, -0.1) is 0 Å². The fourth-order valence-electron chi connectivity index (χ4n) is 2.31. The van der Waals surface area contributed by atoms with Crippen molar-refractivity contribution in [3.63, 3.8) is 0 Å². The number of hydrogen-bond donors (Lipinski definition) is 0. The first-order valence-electron chi connectivity index (χ1n) is 6.43. The first-order chi connectivity index (χ1) is 10.3. The molecule has 0 saturated heterocycles. The van der Waals surface area contributed by atoms with Crippen molar-refractivity contribution in [2.75, 3.05) is 0 Å². The van der Waals surface area contributed by atoms with E-state index in [0.29, 0.717) is 11.7 Å². The van der Waals surface area contributed by atoms with Crippen LogP contribution in [0.5, 0.6) is 0 Å². The predicted molar refractivity (Wildman–Crippen MR) is 85.0 cm³/mol. The molecule has 3 rings (SSSR count). The Hall–Kier alpha value is -2.55. The molecule has 2 aromatic carbocycles. The molecule has 0 N–H and O–H groups in total. The molecule has 0 aliphatic heterocycles. The minimum Gasteiger partial charge on any atom is -0.236 e. The second kappa shape index (κ2) is 5.83. The molecule has 3 aromatic rings.